The third-order valence-corrected chi connectivity index (χ3v) is 7.02. The van der Waals surface area contributed by atoms with Gasteiger partial charge in [0.15, 0.2) is 5.03 Å². The van der Waals surface area contributed by atoms with Crippen LogP contribution in [-0.2, 0) is 30.6 Å². The van der Waals surface area contributed by atoms with Crippen LogP contribution in [-0.4, -0.2) is 43.3 Å². The number of esters is 1. The summed E-state index contributed by atoms with van der Waals surface area (Å²) in [6.07, 6.45) is 5.10. The van der Waals surface area contributed by atoms with Crippen LogP contribution in [0.1, 0.15) is 50.7 Å². The lowest BCUT2D eigenvalue weighted by Gasteiger charge is -2.15. The van der Waals surface area contributed by atoms with Gasteiger partial charge < -0.3 is 15.9 Å². The average molecular weight is 475 g/mol. The number of carbonyl (C=O) groups is 2. The number of aromatic nitrogens is 1. The second-order valence-corrected chi connectivity index (χ2v) is 9.78. The Balaban J connectivity index is 1.92. The van der Waals surface area contributed by atoms with E-state index in [2.05, 4.69) is 15.4 Å². The summed E-state index contributed by atoms with van der Waals surface area (Å²) in [6, 6.07) is 10.9. The first-order valence-corrected chi connectivity index (χ1v) is 12.3. The Morgan fingerprint density at radius 2 is 1.94 bits per heavy atom. The largest absolute Gasteiger partial charge is 0.466 e. The molecule has 1 amide bonds. The number of hydrazone groups is 1. The van der Waals surface area contributed by atoms with Crippen LogP contribution in [0.5, 0.6) is 0 Å². The van der Waals surface area contributed by atoms with E-state index in [9.17, 15) is 18.0 Å². The molecule has 0 spiro atoms. The smallest absolute Gasteiger partial charge is 0.307 e. The second kappa shape index (κ2) is 12.7. The highest BCUT2D eigenvalue weighted by molar-refractivity contribution is 7.92. The molecule has 1 heterocycles. The molecule has 1 atom stereocenters. The van der Waals surface area contributed by atoms with E-state index in [0.29, 0.717) is 6.42 Å². The fourth-order valence-electron chi connectivity index (χ4n) is 3.15. The molecule has 2 rings (SSSR count). The number of sulfone groups is 1. The van der Waals surface area contributed by atoms with E-state index in [4.69, 9.17) is 10.6 Å². The Hall–Kier alpha value is -3.27. The lowest BCUT2D eigenvalue weighted by atomic mass is 10.1. The molecular weight excluding hydrogens is 444 g/mol. The van der Waals surface area contributed by atoms with Crippen LogP contribution in [0.15, 0.2) is 52.7 Å². The molecule has 0 saturated carbocycles. The molecule has 0 aliphatic carbocycles. The molecule has 1 aromatic carbocycles. The minimum absolute atomic E-state index is 0.107. The molecule has 178 valence electrons. The quantitative estimate of drug-likeness (QED) is 0.158. The highest BCUT2D eigenvalue weighted by Gasteiger charge is 2.30. The third kappa shape index (κ3) is 7.98. The summed E-state index contributed by atoms with van der Waals surface area (Å²) >= 11 is 0. The molecule has 1 aromatic heterocycles. The van der Waals surface area contributed by atoms with Crippen LogP contribution < -0.4 is 11.2 Å². The Morgan fingerprint density at radius 3 is 2.61 bits per heavy atom. The van der Waals surface area contributed by atoms with Crippen molar-refractivity contribution in [3.63, 3.8) is 0 Å². The van der Waals surface area contributed by atoms with Gasteiger partial charge in [0.05, 0.1) is 30.2 Å². The number of carbonyl (C=O) groups excluding carboxylic acids is 2. The maximum absolute atomic E-state index is 12.9. The zero-order valence-electron chi connectivity index (χ0n) is 18.9. The standard InChI is InChI=1S/C23H30N4O5S/c1-3-32-22(29)15-17(2)33(30,31)23-20(8-6-14-25-23)27-21(28)9-5-4-7-18-10-12-19(13-11-18)16-26-24/h6,8,10-14,16-17H,3-5,7,9,15,24H2,1-2H3,(H,27,28)/b26-16+. The minimum Gasteiger partial charge on any atom is -0.466 e. The molecule has 0 radical (unpaired) electrons. The van der Waals surface area contributed by atoms with Crippen LogP contribution in [0.4, 0.5) is 5.69 Å². The maximum atomic E-state index is 12.9. The van der Waals surface area contributed by atoms with Crippen LogP contribution in [0.2, 0.25) is 0 Å². The molecule has 2 aromatic rings. The van der Waals surface area contributed by atoms with Crippen molar-refractivity contribution in [2.45, 2.75) is 56.2 Å². The number of ether oxygens (including phenoxy) is 1. The number of hydrogen-bond acceptors (Lipinski definition) is 8. The van der Waals surface area contributed by atoms with E-state index in [1.165, 1.54) is 19.2 Å². The predicted octanol–water partition coefficient (Wildman–Crippen LogP) is 2.84. The number of unbranched alkanes of at least 4 members (excludes halogenated alkanes) is 1. The molecule has 0 aliphatic rings. The summed E-state index contributed by atoms with van der Waals surface area (Å²) in [4.78, 5) is 28.1. The van der Waals surface area contributed by atoms with Gasteiger partial charge in [0, 0.05) is 12.6 Å². The minimum atomic E-state index is -3.94. The molecular formula is C23H30N4O5S. The van der Waals surface area contributed by atoms with Crippen LogP contribution in [0.25, 0.3) is 0 Å². The van der Waals surface area contributed by atoms with Crippen molar-refractivity contribution < 1.29 is 22.7 Å². The first-order valence-electron chi connectivity index (χ1n) is 10.7. The van der Waals surface area contributed by atoms with Crippen LogP contribution >= 0.6 is 0 Å². The van der Waals surface area contributed by atoms with Gasteiger partial charge >= 0.3 is 5.97 Å². The van der Waals surface area contributed by atoms with Crippen molar-refractivity contribution in [1.29, 1.82) is 0 Å². The summed E-state index contributed by atoms with van der Waals surface area (Å²) < 4.78 is 30.7. The summed E-state index contributed by atoms with van der Waals surface area (Å²) in [5.74, 6) is 4.24. The molecule has 10 heteroatoms. The van der Waals surface area contributed by atoms with Crippen molar-refractivity contribution in [1.82, 2.24) is 4.98 Å². The van der Waals surface area contributed by atoms with E-state index in [1.807, 2.05) is 24.3 Å². The Bertz CT molecular complexity index is 1070. The molecule has 0 bridgehead atoms. The van der Waals surface area contributed by atoms with Gasteiger partial charge in [-0.3, -0.25) is 9.59 Å². The van der Waals surface area contributed by atoms with Crippen LogP contribution in [0.3, 0.4) is 0 Å². The second-order valence-electron chi connectivity index (χ2n) is 7.50. The summed E-state index contributed by atoms with van der Waals surface area (Å²) in [5, 5.41) is 4.84. The Labute approximate surface area is 194 Å². The van der Waals surface area contributed by atoms with E-state index in [1.54, 1.807) is 19.2 Å². The number of amides is 1. The Kier molecular flexibility index (Phi) is 9.99. The average Bonchev–Trinajstić information content (AvgIpc) is 2.78. The van der Waals surface area contributed by atoms with E-state index >= 15 is 0 Å². The van der Waals surface area contributed by atoms with Gasteiger partial charge in [0.25, 0.3) is 0 Å². The van der Waals surface area contributed by atoms with Gasteiger partial charge in [-0.2, -0.15) is 5.10 Å². The fourth-order valence-corrected chi connectivity index (χ4v) is 4.52. The molecule has 3 N–H and O–H groups in total. The highest BCUT2D eigenvalue weighted by Crippen LogP contribution is 2.24. The van der Waals surface area contributed by atoms with Gasteiger partial charge in [-0.05, 0) is 56.4 Å². The van der Waals surface area contributed by atoms with E-state index < -0.39 is 21.1 Å². The van der Waals surface area contributed by atoms with Crippen LogP contribution in [0, 0.1) is 0 Å². The number of hydrogen-bond donors (Lipinski definition) is 2. The monoisotopic (exact) mass is 474 g/mol. The first-order chi connectivity index (χ1) is 15.8. The number of benzene rings is 1. The first kappa shape index (κ1) is 26.0. The number of rotatable bonds is 12. The SMILES string of the molecule is CCOC(=O)CC(C)S(=O)(=O)c1ncccc1NC(=O)CCCCc1ccc(/C=N/N)cc1. The van der Waals surface area contributed by atoms with Gasteiger partial charge in [0.1, 0.15) is 0 Å². The van der Waals surface area contributed by atoms with Gasteiger partial charge in [-0.15, -0.1) is 0 Å². The number of nitrogens with one attached hydrogen (secondary N) is 1. The predicted molar refractivity (Wildman–Crippen MR) is 127 cm³/mol. The van der Waals surface area contributed by atoms with Crippen molar-refractivity contribution in [3.8, 4) is 0 Å². The summed E-state index contributed by atoms with van der Waals surface area (Å²) in [6.45, 7) is 3.24. The lowest BCUT2D eigenvalue weighted by Crippen LogP contribution is -2.25. The summed E-state index contributed by atoms with van der Waals surface area (Å²) in [7, 11) is -3.94. The molecule has 0 aliphatic heterocycles. The fraction of sp³-hybridized carbons (Fsp3) is 0.391. The zero-order chi connectivity index (χ0) is 24.3. The number of pyridine rings is 1. The molecule has 1 unspecified atom stereocenters. The van der Waals surface area contributed by atoms with Gasteiger partial charge in [-0.25, -0.2) is 13.4 Å². The van der Waals surface area contributed by atoms with Gasteiger partial charge in [-0.1, -0.05) is 24.3 Å². The zero-order valence-corrected chi connectivity index (χ0v) is 19.7. The van der Waals surface area contributed by atoms with Crippen molar-refractivity contribution in [3.05, 3.63) is 53.7 Å². The molecule has 9 nitrogen and oxygen atoms in total. The normalized spacial score (nSPS) is 12.4. The van der Waals surface area contributed by atoms with Gasteiger partial charge in [0.2, 0.25) is 15.7 Å². The molecule has 33 heavy (non-hydrogen) atoms. The Morgan fingerprint density at radius 1 is 1.21 bits per heavy atom. The maximum Gasteiger partial charge on any atom is 0.307 e. The highest BCUT2D eigenvalue weighted by atomic mass is 32.2. The molecule has 0 saturated heterocycles. The number of aryl methyl sites for hydroxylation is 1. The van der Waals surface area contributed by atoms with E-state index in [-0.39, 0.29) is 36.1 Å². The van der Waals surface area contributed by atoms with Crippen molar-refractivity contribution in [2.75, 3.05) is 11.9 Å². The number of anilines is 1. The summed E-state index contributed by atoms with van der Waals surface area (Å²) in [5.41, 5.74) is 2.16. The number of nitrogens with two attached hydrogens (primary N) is 1. The van der Waals surface area contributed by atoms with Crippen molar-refractivity contribution >= 4 is 33.6 Å². The lowest BCUT2D eigenvalue weighted by molar-refractivity contribution is -0.143. The van der Waals surface area contributed by atoms with E-state index in [0.717, 1.165) is 24.0 Å². The molecule has 0 fully saturated rings. The van der Waals surface area contributed by atoms with Crippen molar-refractivity contribution in [2.24, 2.45) is 10.9 Å². The third-order valence-electron chi connectivity index (χ3n) is 4.93. The number of nitrogens with zero attached hydrogens (tertiary/aromatic N) is 2. The topological polar surface area (TPSA) is 141 Å².